The average molecular weight is 227 g/mol. The highest BCUT2D eigenvalue weighted by Crippen LogP contribution is 2.32. The largest absolute Gasteiger partial charge is 0.513 e. The molecular weight excluding hydrogens is 211 g/mol. The highest BCUT2D eigenvalue weighted by atomic mass is 31.1. The van der Waals surface area contributed by atoms with Crippen LogP contribution in [0.2, 0.25) is 0 Å². The van der Waals surface area contributed by atoms with E-state index in [9.17, 15) is 4.57 Å². The third kappa shape index (κ3) is 3.98. The third-order valence-electron chi connectivity index (χ3n) is 1.84. The molecule has 0 saturated carbocycles. The van der Waals surface area contributed by atoms with E-state index in [4.69, 9.17) is 9.26 Å². The van der Waals surface area contributed by atoms with Crippen molar-refractivity contribution in [2.45, 2.75) is 20.0 Å². The molecule has 1 atom stereocenters. The second kappa shape index (κ2) is 6.54. The van der Waals surface area contributed by atoms with Crippen LogP contribution < -0.4 is 4.74 Å². The van der Waals surface area contributed by atoms with E-state index < -0.39 is 8.03 Å². The highest BCUT2D eigenvalue weighted by molar-refractivity contribution is 7.38. The molecule has 0 radical (unpaired) electrons. The van der Waals surface area contributed by atoms with Crippen LogP contribution in [0.15, 0.2) is 24.3 Å². The van der Waals surface area contributed by atoms with E-state index >= 15 is 0 Å². The predicted octanol–water partition coefficient (Wildman–Crippen LogP) is 3.36. The van der Waals surface area contributed by atoms with Crippen LogP contribution in [0, 0.1) is 0 Å². The number of hydrogen-bond acceptors (Lipinski definition) is 3. The molecule has 82 valence electrons. The maximum atomic E-state index is 11.4. The molecule has 0 aliphatic rings. The molecule has 0 spiro atoms. The van der Waals surface area contributed by atoms with Gasteiger partial charge < -0.3 is 4.74 Å². The fourth-order valence-electron chi connectivity index (χ4n) is 1.26. The Kier molecular flexibility index (Phi) is 5.30. The Balaban J connectivity index is 2.70. The summed E-state index contributed by atoms with van der Waals surface area (Å²) in [5, 5.41) is 0. The molecule has 1 rings (SSSR count). The molecule has 0 heterocycles. The number of benzene rings is 1. The van der Waals surface area contributed by atoms with Crippen molar-refractivity contribution in [1.29, 1.82) is 0 Å². The first-order chi connectivity index (χ1) is 7.27. The summed E-state index contributed by atoms with van der Waals surface area (Å²) < 4.78 is 21.9. The maximum absolute atomic E-state index is 11.4. The Morgan fingerprint density at radius 2 is 1.93 bits per heavy atom. The first-order valence-corrected chi connectivity index (χ1v) is 6.42. The molecule has 4 heteroatoms. The van der Waals surface area contributed by atoms with Crippen molar-refractivity contribution < 1.29 is 13.8 Å². The lowest BCUT2D eigenvalue weighted by Crippen LogP contribution is -1.95. The van der Waals surface area contributed by atoms with Crippen molar-refractivity contribution in [3.8, 4) is 5.75 Å². The zero-order chi connectivity index (χ0) is 11.1. The maximum Gasteiger partial charge on any atom is 0.513 e. The van der Waals surface area contributed by atoms with E-state index in [2.05, 4.69) is 0 Å². The van der Waals surface area contributed by atoms with E-state index in [0.29, 0.717) is 19.4 Å². The van der Waals surface area contributed by atoms with Crippen LogP contribution in [-0.2, 0) is 15.3 Å². The minimum Gasteiger partial charge on any atom is -0.493 e. The quantitative estimate of drug-likeness (QED) is 0.699. The van der Waals surface area contributed by atoms with Crippen molar-refractivity contribution in [3.63, 3.8) is 0 Å². The smallest absolute Gasteiger partial charge is 0.493 e. The van der Waals surface area contributed by atoms with Crippen LogP contribution in [0.4, 0.5) is 0 Å². The molecule has 3 nitrogen and oxygen atoms in total. The zero-order valence-corrected chi connectivity index (χ0v) is 10.00. The number of rotatable bonds is 6. The van der Waals surface area contributed by atoms with Gasteiger partial charge in [-0.3, -0.25) is 0 Å². The van der Waals surface area contributed by atoms with Gasteiger partial charge in [-0.05, 0) is 24.5 Å². The molecule has 1 unspecified atom stereocenters. The first-order valence-electron chi connectivity index (χ1n) is 5.06. The normalized spacial score (nSPS) is 11.2. The second-order valence-electron chi connectivity index (χ2n) is 2.95. The van der Waals surface area contributed by atoms with Gasteiger partial charge in [0, 0.05) is 5.56 Å². The third-order valence-corrected chi connectivity index (χ3v) is 2.99. The average Bonchev–Trinajstić information content (AvgIpc) is 2.21. The SMILES string of the molecule is CCOc1ccccc1C[P+](=O)OCC. The molecule has 15 heavy (non-hydrogen) atoms. The molecular formula is C11H16O3P+. The van der Waals surface area contributed by atoms with E-state index in [-0.39, 0.29) is 0 Å². The molecule has 0 N–H and O–H groups in total. The molecule has 0 saturated heterocycles. The minimum atomic E-state index is -1.61. The van der Waals surface area contributed by atoms with Gasteiger partial charge in [-0.1, -0.05) is 18.2 Å². The summed E-state index contributed by atoms with van der Waals surface area (Å²) in [5.41, 5.74) is 0.939. The van der Waals surface area contributed by atoms with Crippen molar-refractivity contribution >= 4 is 8.03 Å². The van der Waals surface area contributed by atoms with Gasteiger partial charge in [0.15, 0.2) is 0 Å². The van der Waals surface area contributed by atoms with E-state index in [1.165, 1.54) is 0 Å². The fourth-order valence-corrected chi connectivity index (χ4v) is 2.18. The highest BCUT2D eigenvalue weighted by Gasteiger charge is 2.19. The molecule has 0 aliphatic carbocycles. The fraction of sp³-hybridized carbons (Fsp3) is 0.455. The first kappa shape index (κ1) is 12.2. The van der Waals surface area contributed by atoms with E-state index in [0.717, 1.165) is 11.3 Å². The number of para-hydroxylation sites is 1. The Hall–Kier alpha value is -0.920. The number of hydrogen-bond donors (Lipinski definition) is 0. The molecule has 0 bridgehead atoms. The molecule has 1 aromatic carbocycles. The Morgan fingerprint density at radius 1 is 1.20 bits per heavy atom. The van der Waals surface area contributed by atoms with Crippen molar-refractivity contribution in [1.82, 2.24) is 0 Å². The summed E-state index contributed by atoms with van der Waals surface area (Å²) in [7, 11) is -1.61. The Labute approximate surface area is 91.3 Å². The lowest BCUT2D eigenvalue weighted by molar-refractivity contribution is 0.334. The summed E-state index contributed by atoms with van der Waals surface area (Å²) in [6.07, 6.45) is 0.416. The molecule has 0 fully saturated rings. The topological polar surface area (TPSA) is 35.5 Å². The van der Waals surface area contributed by atoms with Gasteiger partial charge in [-0.25, -0.2) is 0 Å². The summed E-state index contributed by atoms with van der Waals surface area (Å²) in [4.78, 5) is 0. The van der Waals surface area contributed by atoms with Crippen molar-refractivity contribution in [2.75, 3.05) is 13.2 Å². The summed E-state index contributed by atoms with van der Waals surface area (Å²) in [6.45, 7) is 4.86. The summed E-state index contributed by atoms with van der Waals surface area (Å²) in [5.74, 6) is 0.794. The van der Waals surface area contributed by atoms with Crippen LogP contribution in [0.1, 0.15) is 19.4 Å². The molecule has 0 aromatic heterocycles. The minimum absolute atomic E-state index is 0.416. The predicted molar refractivity (Wildman–Crippen MR) is 60.5 cm³/mol. The van der Waals surface area contributed by atoms with Crippen LogP contribution in [-0.4, -0.2) is 13.2 Å². The summed E-state index contributed by atoms with van der Waals surface area (Å²) in [6, 6.07) is 7.61. The van der Waals surface area contributed by atoms with Crippen LogP contribution in [0.25, 0.3) is 0 Å². The molecule has 1 aromatic rings. The van der Waals surface area contributed by atoms with Gasteiger partial charge in [-0.2, -0.15) is 0 Å². The lowest BCUT2D eigenvalue weighted by atomic mass is 10.2. The van der Waals surface area contributed by atoms with Crippen LogP contribution >= 0.6 is 8.03 Å². The van der Waals surface area contributed by atoms with Crippen LogP contribution in [0.5, 0.6) is 5.75 Å². The Bertz CT molecular complexity index is 325. The molecule has 0 aliphatic heterocycles. The second-order valence-corrected chi connectivity index (χ2v) is 4.19. The van der Waals surface area contributed by atoms with E-state index in [1.807, 2.05) is 38.1 Å². The number of ether oxygens (including phenoxy) is 1. The van der Waals surface area contributed by atoms with Gasteiger partial charge in [0.25, 0.3) is 0 Å². The van der Waals surface area contributed by atoms with Crippen LogP contribution in [0.3, 0.4) is 0 Å². The van der Waals surface area contributed by atoms with Gasteiger partial charge in [0.05, 0.1) is 13.2 Å². The van der Waals surface area contributed by atoms with Gasteiger partial charge in [-0.15, -0.1) is 4.52 Å². The standard InChI is InChI=1S/C11H16O3P/c1-3-13-11-8-6-5-7-10(11)9-15(12)14-4-2/h5-8H,3-4,9H2,1-2H3/q+1. The van der Waals surface area contributed by atoms with Crippen molar-refractivity contribution in [2.24, 2.45) is 0 Å². The Morgan fingerprint density at radius 3 is 2.60 bits per heavy atom. The van der Waals surface area contributed by atoms with Crippen molar-refractivity contribution in [3.05, 3.63) is 29.8 Å². The summed E-state index contributed by atoms with van der Waals surface area (Å²) >= 11 is 0. The van der Waals surface area contributed by atoms with E-state index in [1.54, 1.807) is 0 Å². The van der Waals surface area contributed by atoms with Gasteiger partial charge in [0.2, 0.25) is 6.16 Å². The lowest BCUT2D eigenvalue weighted by Gasteiger charge is -2.05. The van der Waals surface area contributed by atoms with Gasteiger partial charge in [0.1, 0.15) is 5.75 Å². The monoisotopic (exact) mass is 227 g/mol. The van der Waals surface area contributed by atoms with Gasteiger partial charge >= 0.3 is 8.03 Å². The zero-order valence-electron chi connectivity index (χ0n) is 9.10. The molecule has 0 amide bonds.